The molecule has 2 aliphatic heterocycles. The molecular weight excluding hydrogens is 456 g/mol. The molecule has 10 heteroatoms. The number of urea groups is 1. The molecule has 0 N–H and O–H groups in total. The Morgan fingerprint density at radius 2 is 1.79 bits per heavy atom. The van der Waals surface area contributed by atoms with Crippen LogP contribution in [0.1, 0.15) is 60.5 Å². The minimum absolute atomic E-state index is 0.0102. The van der Waals surface area contributed by atoms with Crippen molar-refractivity contribution in [3.05, 3.63) is 46.6 Å². The molecule has 2 atom stereocenters. The van der Waals surface area contributed by atoms with Crippen LogP contribution in [0.25, 0.3) is 0 Å². The maximum Gasteiger partial charge on any atom is 0.320 e. The van der Waals surface area contributed by atoms with Crippen molar-refractivity contribution in [3.8, 4) is 0 Å². The summed E-state index contributed by atoms with van der Waals surface area (Å²) in [6, 6.07) is 6.42. The van der Waals surface area contributed by atoms with E-state index in [2.05, 4.69) is 42.2 Å². The van der Waals surface area contributed by atoms with E-state index in [4.69, 9.17) is 9.26 Å². The van der Waals surface area contributed by atoms with E-state index in [1.807, 2.05) is 9.80 Å². The molecule has 9 nitrogen and oxygen atoms in total. The highest BCUT2D eigenvalue weighted by Crippen LogP contribution is 2.36. The van der Waals surface area contributed by atoms with Gasteiger partial charge in [0, 0.05) is 32.1 Å². The maximum absolute atomic E-state index is 13.3. The maximum atomic E-state index is 13.3. The zero-order chi connectivity index (χ0) is 24.5. The van der Waals surface area contributed by atoms with Gasteiger partial charge >= 0.3 is 6.03 Å². The van der Waals surface area contributed by atoms with Gasteiger partial charge in [-0.15, -0.1) is 0 Å². The van der Waals surface area contributed by atoms with Gasteiger partial charge in [0.25, 0.3) is 0 Å². The molecule has 2 amide bonds. The summed E-state index contributed by atoms with van der Waals surface area (Å²) in [6.45, 7) is 10.8. The predicted molar refractivity (Wildman–Crippen MR) is 127 cm³/mol. The molecule has 0 bridgehead atoms. The van der Waals surface area contributed by atoms with Gasteiger partial charge in [0.05, 0.1) is 24.4 Å². The number of nitrogens with zero attached hydrogens (tertiary/aromatic N) is 4. The van der Waals surface area contributed by atoms with Gasteiger partial charge in [-0.05, 0) is 50.8 Å². The van der Waals surface area contributed by atoms with E-state index in [-0.39, 0.29) is 29.4 Å². The average molecular weight is 491 g/mol. The topological polar surface area (TPSA) is 106 Å². The Hall–Kier alpha value is -2.46. The first-order valence-corrected chi connectivity index (χ1v) is 13.6. The molecule has 2 aliphatic rings. The van der Waals surface area contributed by atoms with Crippen LogP contribution in [0.4, 0.5) is 4.79 Å². The summed E-state index contributed by atoms with van der Waals surface area (Å²) in [7, 11) is -3.34. The van der Waals surface area contributed by atoms with Crippen molar-refractivity contribution in [1.29, 1.82) is 0 Å². The van der Waals surface area contributed by atoms with E-state index in [1.165, 1.54) is 16.7 Å². The van der Waals surface area contributed by atoms with E-state index in [0.29, 0.717) is 45.3 Å². The van der Waals surface area contributed by atoms with Gasteiger partial charge < -0.3 is 19.1 Å². The highest BCUT2D eigenvalue weighted by Gasteiger charge is 2.36. The minimum atomic E-state index is -3.34. The van der Waals surface area contributed by atoms with Crippen LogP contribution in [0.2, 0.25) is 0 Å². The van der Waals surface area contributed by atoms with Crippen LogP contribution in [-0.4, -0.2) is 79.0 Å². The number of rotatable bonds is 5. The Morgan fingerprint density at radius 1 is 1.09 bits per heavy atom. The van der Waals surface area contributed by atoms with Crippen molar-refractivity contribution in [2.45, 2.75) is 57.0 Å². The molecule has 2 aromatic rings. The third-order valence-electron chi connectivity index (χ3n) is 6.89. The number of aryl methyl sites for hydroxylation is 2. The number of hydrogen-bond donors (Lipinski definition) is 0. The molecule has 2 unspecified atom stereocenters. The fourth-order valence-electron chi connectivity index (χ4n) is 4.49. The van der Waals surface area contributed by atoms with E-state index >= 15 is 0 Å². The number of amides is 2. The standard InChI is InChI=1S/C24H34N4O5S/c1-16(2)34(30,31)15-22-25-23(33-26-22)21-12-20(19-6-5-17(3)18(4)11-19)13-28(14-21)24(29)27-7-9-32-10-8-27/h5-6,11,16,20-21H,7-10,12-15H2,1-4H3. The van der Waals surface area contributed by atoms with Crippen molar-refractivity contribution in [3.63, 3.8) is 0 Å². The molecule has 0 spiro atoms. The second kappa shape index (κ2) is 10.0. The zero-order valence-corrected chi connectivity index (χ0v) is 21.2. The van der Waals surface area contributed by atoms with Crippen LogP contribution in [0.3, 0.4) is 0 Å². The van der Waals surface area contributed by atoms with Gasteiger partial charge in [-0.3, -0.25) is 0 Å². The third kappa shape index (κ3) is 5.43. The second-order valence-electron chi connectivity index (χ2n) is 9.67. The van der Waals surface area contributed by atoms with E-state index in [9.17, 15) is 13.2 Å². The number of morpholine rings is 1. The fourth-order valence-corrected chi connectivity index (χ4v) is 5.30. The molecule has 3 heterocycles. The molecule has 4 rings (SSSR count). The van der Waals surface area contributed by atoms with E-state index < -0.39 is 15.1 Å². The summed E-state index contributed by atoms with van der Waals surface area (Å²) >= 11 is 0. The first kappa shape index (κ1) is 24.7. The summed E-state index contributed by atoms with van der Waals surface area (Å²) in [5.74, 6) is 0.245. The summed E-state index contributed by atoms with van der Waals surface area (Å²) in [4.78, 5) is 21.5. The lowest BCUT2D eigenvalue weighted by Gasteiger charge is -2.40. The Morgan fingerprint density at radius 3 is 2.47 bits per heavy atom. The molecule has 186 valence electrons. The SMILES string of the molecule is Cc1ccc(C2CC(c3nc(CS(=O)(=O)C(C)C)no3)CN(C(=O)N3CCOCC3)C2)cc1C. The van der Waals surface area contributed by atoms with Gasteiger partial charge in [-0.2, -0.15) is 4.98 Å². The Bertz CT molecular complexity index is 1120. The third-order valence-corrected chi connectivity index (χ3v) is 8.98. The van der Waals surface area contributed by atoms with Crippen LogP contribution >= 0.6 is 0 Å². The van der Waals surface area contributed by atoms with Crippen LogP contribution in [0, 0.1) is 13.8 Å². The van der Waals surface area contributed by atoms with Crippen LogP contribution in [-0.2, 0) is 20.3 Å². The zero-order valence-electron chi connectivity index (χ0n) is 20.4. The first-order chi connectivity index (χ1) is 16.1. The average Bonchev–Trinajstić information content (AvgIpc) is 3.28. The lowest BCUT2D eigenvalue weighted by Crippen LogP contribution is -2.52. The first-order valence-electron chi connectivity index (χ1n) is 11.9. The number of piperidine rings is 1. The molecular formula is C24H34N4O5S. The van der Waals surface area contributed by atoms with Gasteiger partial charge in [0.1, 0.15) is 5.75 Å². The fraction of sp³-hybridized carbons (Fsp3) is 0.625. The second-order valence-corrected chi connectivity index (χ2v) is 12.2. The number of carbonyl (C=O) groups is 1. The van der Waals surface area contributed by atoms with Crippen molar-refractivity contribution >= 4 is 15.9 Å². The monoisotopic (exact) mass is 490 g/mol. The number of aromatic nitrogens is 2. The molecule has 0 radical (unpaired) electrons. The number of hydrogen-bond acceptors (Lipinski definition) is 7. The Balaban J connectivity index is 1.59. The number of benzene rings is 1. The number of ether oxygens (including phenoxy) is 1. The van der Waals surface area contributed by atoms with E-state index in [1.54, 1.807) is 13.8 Å². The normalized spacial score (nSPS) is 21.8. The molecule has 2 fully saturated rings. The number of carbonyl (C=O) groups excluding carboxylic acids is 1. The molecule has 0 aliphatic carbocycles. The van der Waals surface area contributed by atoms with Gasteiger partial charge in [-0.25, -0.2) is 13.2 Å². The smallest absolute Gasteiger partial charge is 0.320 e. The predicted octanol–water partition coefficient (Wildman–Crippen LogP) is 3.03. The Labute approximate surface area is 201 Å². The molecule has 0 saturated carbocycles. The molecule has 1 aromatic carbocycles. The van der Waals surface area contributed by atoms with Crippen LogP contribution in [0.5, 0.6) is 0 Å². The number of sulfone groups is 1. The summed E-state index contributed by atoms with van der Waals surface area (Å²) in [5, 5.41) is 3.43. The van der Waals surface area contributed by atoms with Gasteiger partial charge in [0.15, 0.2) is 15.7 Å². The van der Waals surface area contributed by atoms with Gasteiger partial charge in [0.2, 0.25) is 5.89 Å². The highest BCUT2D eigenvalue weighted by molar-refractivity contribution is 7.91. The quantitative estimate of drug-likeness (QED) is 0.634. The van der Waals surface area contributed by atoms with Crippen molar-refractivity contribution in [2.75, 3.05) is 39.4 Å². The minimum Gasteiger partial charge on any atom is -0.378 e. The molecule has 2 saturated heterocycles. The Kier molecular flexibility index (Phi) is 7.28. The largest absolute Gasteiger partial charge is 0.378 e. The summed E-state index contributed by atoms with van der Waals surface area (Å²) in [5.41, 5.74) is 3.62. The van der Waals surface area contributed by atoms with E-state index in [0.717, 1.165) is 6.42 Å². The lowest BCUT2D eigenvalue weighted by molar-refractivity contribution is 0.0392. The van der Waals surface area contributed by atoms with Crippen LogP contribution < -0.4 is 0 Å². The van der Waals surface area contributed by atoms with Crippen molar-refractivity contribution < 1.29 is 22.5 Å². The van der Waals surface area contributed by atoms with Crippen molar-refractivity contribution in [1.82, 2.24) is 19.9 Å². The molecule has 34 heavy (non-hydrogen) atoms. The van der Waals surface area contributed by atoms with Crippen molar-refractivity contribution in [2.24, 2.45) is 0 Å². The van der Waals surface area contributed by atoms with Gasteiger partial charge in [-0.1, -0.05) is 23.4 Å². The molecule has 1 aromatic heterocycles. The summed E-state index contributed by atoms with van der Waals surface area (Å²) in [6.07, 6.45) is 0.744. The van der Waals surface area contributed by atoms with Crippen LogP contribution in [0.15, 0.2) is 22.7 Å². The number of likely N-dealkylation sites (tertiary alicyclic amines) is 1. The summed E-state index contributed by atoms with van der Waals surface area (Å²) < 4.78 is 35.6. The lowest BCUT2D eigenvalue weighted by atomic mass is 9.83. The highest BCUT2D eigenvalue weighted by atomic mass is 32.2.